The van der Waals surface area contributed by atoms with Crippen molar-refractivity contribution in [3.63, 3.8) is 0 Å². The van der Waals surface area contributed by atoms with Gasteiger partial charge in [0.2, 0.25) is 5.91 Å². The number of carbonyl (C=O) groups is 1. The Morgan fingerprint density at radius 2 is 2.25 bits per heavy atom. The van der Waals surface area contributed by atoms with Gasteiger partial charge in [0.1, 0.15) is 11.5 Å². The SMILES string of the molecule is COc1ccc(OC(F)F)c(NC(=O)CC2CNC2)c1. The van der Waals surface area contributed by atoms with Gasteiger partial charge < -0.3 is 20.1 Å². The molecule has 5 nitrogen and oxygen atoms in total. The van der Waals surface area contributed by atoms with Crippen LogP contribution in [-0.2, 0) is 4.79 Å². The molecule has 0 unspecified atom stereocenters. The van der Waals surface area contributed by atoms with Gasteiger partial charge in [-0.3, -0.25) is 4.79 Å². The minimum atomic E-state index is -2.95. The predicted molar refractivity (Wildman–Crippen MR) is 69.2 cm³/mol. The molecule has 1 fully saturated rings. The number of carbonyl (C=O) groups excluding carboxylic acids is 1. The molecule has 0 spiro atoms. The van der Waals surface area contributed by atoms with Crippen LogP contribution in [0.5, 0.6) is 11.5 Å². The van der Waals surface area contributed by atoms with E-state index in [1.807, 2.05) is 0 Å². The van der Waals surface area contributed by atoms with E-state index in [0.29, 0.717) is 18.1 Å². The van der Waals surface area contributed by atoms with E-state index in [4.69, 9.17) is 4.74 Å². The van der Waals surface area contributed by atoms with Crippen molar-refractivity contribution in [2.75, 3.05) is 25.5 Å². The summed E-state index contributed by atoms with van der Waals surface area (Å²) >= 11 is 0. The maximum Gasteiger partial charge on any atom is 0.387 e. The van der Waals surface area contributed by atoms with Crippen LogP contribution in [0, 0.1) is 5.92 Å². The van der Waals surface area contributed by atoms with Crippen molar-refractivity contribution in [3.05, 3.63) is 18.2 Å². The number of alkyl halides is 2. The zero-order chi connectivity index (χ0) is 14.5. The first-order chi connectivity index (χ1) is 9.58. The molecule has 0 bridgehead atoms. The number of rotatable bonds is 6. The highest BCUT2D eigenvalue weighted by atomic mass is 19.3. The molecule has 0 aromatic heterocycles. The molecule has 1 aromatic rings. The van der Waals surface area contributed by atoms with Crippen LogP contribution in [-0.4, -0.2) is 32.7 Å². The standard InChI is InChI=1S/C13H16F2N2O3/c1-19-9-2-3-11(20-13(14)15)10(5-9)17-12(18)4-8-6-16-7-8/h2-3,5,8,13,16H,4,6-7H2,1H3,(H,17,18). The molecule has 2 N–H and O–H groups in total. The lowest BCUT2D eigenvalue weighted by molar-refractivity contribution is -0.117. The molecule has 1 heterocycles. The highest BCUT2D eigenvalue weighted by Gasteiger charge is 2.21. The van der Waals surface area contributed by atoms with Crippen molar-refractivity contribution >= 4 is 11.6 Å². The van der Waals surface area contributed by atoms with Gasteiger partial charge in [-0.2, -0.15) is 8.78 Å². The lowest BCUT2D eigenvalue weighted by Crippen LogP contribution is -2.43. The Bertz CT molecular complexity index is 479. The summed E-state index contributed by atoms with van der Waals surface area (Å²) in [4.78, 5) is 11.8. The third kappa shape index (κ3) is 3.80. The summed E-state index contributed by atoms with van der Waals surface area (Å²) < 4.78 is 34.0. The van der Waals surface area contributed by atoms with Gasteiger partial charge in [0, 0.05) is 12.5 Å². The van der Waals surface area contributed by atoms with Crippen LogP contribution in [0.3, 0.4) is 0 Å². The second-order valence-electron chi connectivity index (χ2n) is 4.52. The van der Waals surface area contributed by atoms with Crippen molar-refractivity contribution in [3.8, 4) is 11.5 Å². The molecule has 1 aliphatic rings. The number of amides is 1. The average molecular weight is 286 g/mol. The van der Waals surface area contributed by atoms with Gasteiger partial charge in [-0.15, -0.1) is 0 Å². The Balaban J connectivity index is 2.07. The monoisotopic (exact) mass is 286 g/mol. The van der Waals surface area contributed by atoms with Crippen molar-refractivity contribution < 1.29 is 23.0 Å². The Morgan fingerprint density at radius 3 is 2.80 bits per heavy atom. The van der Waals surface area contributed by atoms with Gasteiger partial charge in [-0.05, 0) is 31.1 Å². The molecule has 0 radical (unpaired) electrons. The fourth-order valence-corrected chi connectivity index (χ4v) is 1.89. The zero-order valence-electron chi connectivity index (χ0n) is 11.0. The lowest BCUT2D eigenvalue weighted by Gasteiger charge is -2.26. The second-order valence-corrected chi connectivity index (χ2v) is 4.52. The van der Waals surface area contributed by atoms with Crippen LogP contribution in [0.2, 0.25) is 0 Å². The molecule has 1 amide bonds. The number of ether oxygens (including phenoxy) is 2. The van der Waals surface area contributed by atoms with E-state index in [1.54, 1.807) is 0 Å². The van der Waals surface area contributed by atoms with E-state index in [9.17, 15) is 13.6 Å². The fourth-order valence-electron chi connectivity index (χ4n) is 1.89. The summed E-state index contributed by atoms with van der Waals surface area (Å²) in [5.41, 5.74) is 0.182. The third-order valence-corrected chi connectivity index (χ3v) is 3.02. The average Bonchev–Trinajstić information content (AvgIpc) is 2.35. The topological polar surface area (TPSA) is 59.6 Å². The summed E-state index contributed by atoms with van der Waals surface area (Å²) in [5.74, 6) is 0.428. The molecule has 1 saturated heterocycles. The van der Waals surface area contributed by atoms with Crippen LogP contribution in [0.4, 0.5) is 14.5 Å². The van der Waals surface area contributed by atoms with Gasteiger partial charge >= 0.3 is 6.61 Å². The molecule has 110 valence electrons. The quantitative estimate of drug-likeness (QED) is 0.838. The Morgan fingerprint density at radius 1 is 1.50 bits per heavy atom. The molecular weight excluding hydrogens is 270 g/mol. The van der Waals surface area contributed by atoms with Crippen molar-refractivity contribution in [2.24, 2.45) is 5.92 Å². The van der Waals surface area contributed by atoms with Crippen LogP contribution in [0.15, 0.2) is 18.2 Å². The molecular formula is C13H16F2N2O3. The van der Waals surface area contributed by atoms with Crippen molar-refractivity contribution in [2.45, 2.75) is 13.0 Å². The number of hydrogen-bond acceptors (Lipinski definition) is 4. The molecule has 20 heavy (non-hydrogen) atoms. The Hall–Kier alpha value is -1.89. The number of nitrogens with one attached hydrogen (secondary N) is 2. The number of anilines is 1. The minimum Gasteiger partial charge on any atom is -0.497 e. The van der Waals surface area contributed by atoms with Crippen LogP contribution < -0.4 is 20.1 Å². The first kappa shape index (κ1) is 14.5. The maximum absolute atomic E-state index is 12.3. The fraction of sp³-hybridized carbons (Fsp3) is 0.462. The Labute approximate surface area is 115 Å². The molecule has 1 aromatic carbocycles. The highest BCUT2D eigenvalue weighted by Crippen LogP contribution is 2.30. The van der Waals surface area contributed by atoms with Crippen LogP contribution in [0.25, 0.3) is 0 Å². The first-order valence-corrected chi connectivity index (χ1v) is 6.22. The number of benzene rings is 1. The summed E-state index contributed by atoms with van der Waals surface area (Å²) in [5, 5.41) is 5.65. The number of hydrogen-bond donors (Lipinski definition) is 2. The summed E-state index contributed by atoms with van der Waals surface area (Å²) in [6.07, 6.45) is 0.346. The summed E-state index contributed by atoms with van der Waals surface area (Å²) in [6.45, 7) is -1.35. The molecule has 1 aliphatic heterocycles. The zero-order valence-corrected chi connectivity index (χ0v) is 11.0. The molecule has 0 saturated carbocycles. The van der Waals surface area contributed by atoms with Crippen LogP contribution >= 0.6 is 0 Å². The van der Waals surface area contributed by atoms with Crippen LogP contribution in [0.1, 0.15) is 6.42 Å². The molecule has 7 heteroatoms. The normalized spacial score (nSPS) is 14.8. The van der Waals surface area contributed by atoms with E-state index < -0.39 is 6.61 Å². The number of methoxy groups -OCH3 is 1. The van der Waals surface area contributed by atoms with Gasteiger partial charge in [-0.25, -0.2) is 0 Å². The molecule has 2 rings (SSSR count). The third-order valence-electron chi connectivity index (χ3n) is 3.02. The number of halogens is 2. The lowest BCUT2D eigenvalue weighted by atomic mass is 9.99. The van der Waals surface area contributed by atoms with Gasteiger partial charge in [0.05, 0.1) is 12.8 Å². The molecule has 0 aliphatic carbocycles. The second kappa shape index (κ2) is 6.51. The van der Waals surface area contributed by atoms with E-state index in [-0.39, 0.29) is 17.3 Å². The Kier molecular flexibility index (Phi) is 4.73. The van der Waals surface area contributed by atoms with E-state index in [0.717, 1.165) is 13.1 Å². The van der Waals surface area contributed by atoms with E-state index in [1.165, 1.54) is 25.3 Å². The summed E-state index contributed by atoms with van der Waals surface area (Å²) in [6, 6.07) is 4.28. The summed E-state index contributed by atoms with van der Waals surface area (Å²) in [7, 11) is 1.45. The highest BCUT2D eigenvalue weighted by molar-refractivity contribution is 5.92. The smallest absolute Gasteiger partial charge is 0.387 e. The van der Waals surface area contributed by atoms with E-state index in [2.05, 4.69) is 15.4 Å². The van der Waals surface area contributed by atoms with Gasteiger partial charge in [0.25, 0.3) is 0 Å². The largest absolute Gasteiger partial charge is 0.497 e. The molecule has 0 atom stereocenters. The predicted octanol–water partition coefficient (Wildman–Crippen LogP) is 1.84. The van der Waals surface area contributed by atoms with E-state index >= 15 is 0 Å². The van der Waals surface area contributed by atoms with Crippen molar-refractivity contribution in [1.29, 1.82) is 0 Å². The first-order valence-electron chi connectivity index (χ1n) is 6.22. The van der Waals surface area contributed by atoms with Gasteiger partial charge in [-0.1, -0.05) is 0 Å². The van der Waals surface area contributed by atoms with Crippen molar-refractivity contribution in [1.82, 2.24) is 5.32 Å². The van der Waals surface area contributed by atoms with Gasteiger partial charge in [0.15, 0.2) is 0 Å². The minimum absolute atomic E-state index is 0.0825. The maximum atomic E-state index is 12.3.